The van der Waals surface area contributed by atoms with Crippen molar-refractivity contribution in [1.82, 2.24) is 10.2 Å². The van der Waals surface area contributed by atoms with E-state index in [0.29, 0.717) is 46.5 Å². The number of halogens is 1. The average Bonchev–Trinajstić information content (AvgIpc) is 3.10. The van der Waals surface area contributed by atoms with Crippen LogP contribution in [0.2, 0.25) is 0 Å². The molecule has 1 aliphatic carbocycles. The summed E-state index contributed by atoms with van der Waals surface area (Å²) < 4.78 is 20.4. The smallest absolute Gasteiger partial charge is 0.262 e. The molecule has 1 aromatic carbocycles. The molecular weight excluding hydrogens is 391 g/mol. The number of fused-ring (bicyclic) bond motifs is 1. The Labute approximate surface area is 175 Å². The molecule has 1 heterocycles. The van der Waals surface area contributed by atoms with Crippen molar-refractivity contribution in [2.75, 3.05) is 20.2 Å². The van der Waals surface area contributed by atoms with Crippen molar-refractivity contribution < 1.29 is 18.7 Å². The van der Waals surface area contributed by atoms with Crippen LogP contribution in [0.15, 0.2) is 18.2 Å². The average molecular weight is 421 g/mol. The number of carbonyl (C=O) groups excluding carboxylic acids is 2. The summed E-state index contributed by atoms with van der Waals surface area (Å²) in [5.41, 5.74) is -0.343. The lowest BCUT2D eigenvalue weighted by molar-refractivity contribution is -0.139. The summed E-state index contributed by atoms with van der Waals surface area (Å²) >= 11 is 1.25. The van der Waals surface area contributed by atoms with Crippen molar-refractivity contribution in [3.63, 3.8) is 0 Å². The zero-order valence-electron chi connectivity index (χ0n) is 17.3. The number of rotatable bonds is 7. The highest BCUT2D eigenvalue weighted by molar-refractivity contribution is 7.21. The third kappa shape index (κ3) is 4.16. The maximum atomic E-state index is 14.5. The largest absolute Gasteiger partial charge is 0.380 e. The maximum absolute atomic E-state index is 14.5. The van der Waals surface area contributed by atoms with Crippen molar-refractivity contribution in [3.8, 4) is 0 Å². The van der Waals surface area contributed by atoms with Gasteiger partial charge in [0.2, 0.25) is 5.91 Å². The number of hydrogen-bond donors (Lipinski definition) is 1. The molecule has 0 saturated heterocycles. The van der Waals surface area contributed by atoms with Crippen LogP contribution in [-0.4, -0.2) is 42.5 Å². The second kappa shape index (κ2) is 9.22. The Bertz CT molecular complexity index is 886. The first-order chi connectivity index (χ1) is 14.0. The normalized spacial score (nSPS) is 16.0. The minimum atomic E-state index is -0.888. The molecule has 3 rings (SSSR count). The molecule has 0 unspecified atom stereocenters. The molecule has 0 bridgehead atoms. The summed E-state index contributed by atoms with van der Waals surface area (Å²) in [6, 6.07) is 4.83. The molecule has 0 aliphatic heterocycles. The van der Waals surface area contributed by atoms with E-state index in [2.05, 4.69) is 5.32 Å². The van der Waals surface area contributed by atoms with Crippen LogP contribution in [0.25, 0.3) is 10.1 Å². The summed E-state index contributed by atoms with van der Waals surface area (Å²) in [5.74, 6) is -0.701. The molecular formula is C22H29FN2O3S. The number of likely N-dealkylation sites (N-methyl/N-ethyl adjacent to an activating group) is 1. The number of thiophene rings is 1. The standard InChI is InChI=1S/C22H29FN2O3S/c1-4-25(5-2)21(27)22(12-7-6-8-13-22)24-20(26)19-15(14-28-3)18-16(23)10-9-11-17(18)29-19/h9-11H,4-8,12-14H2,1-3H3,(H,24,26). The van der Waals surface area contributed by atoms with Gasteiger partial charge in [-0.3, -0.25) is 9.59 Å². The lowest BCUT2D eigenvalue weighted by Crippen LogP contribution is -2.60. The molecule has 0 radical (unpaired) electrons. The van der Waals surface area contributed by atoms with Gasteiger partial charge in [0.15, 0.2) is 0 Å². The lowest BCUT2D eigenvalue weighted by Gasteiger charge is -2.40. The predicted octanol–water partition coefficient (Wildman–Crippen LogP) is 4.49. The van der Waals surface area contributed by atoms with Crippen LogP contribution in [0.4, 0.5) is 4.39 Å². The Balaban J connectivity index is 1.99. The Morgan fingerprint density at radius 1 is 1.21 bits per heavy atom. The molecule has 0 spiro atoms. The molecule has 158 valence electrons. The second-order valence-corrected chi connectivity index (χ2v) is 8.58. The van der Waals surface area contributed by atoms with Gasteiger partial charge < -0.3 is 15.0 Å². The van der Waals surface area contributed by atoms with Gasteiger partial charge in [-0.05, 0) is 38.8 Å². The fraction of sp³-hybridized carbons (Fsp3) is 0.545. The fourth-order valence-electron chi connectivity index (χ4n) is 4.27. The highest BCUT2D eigenvalue weighted by Crippen LogP contribution is 2.36. The summed E-state index contributed by atoms with van der Waals surface area (Å²) in [4.78, 5) is 28.9. The van der Waals surface area contributed by atoms with Gasteiger partial charge in [0.25, 0.3) is 5.91 Å². The Morgan fingerprint density at radius 2 is 1.90 bits per heavy atom. The van der Waals surface area contributed by atoms with E-state index in [9.17, 15) is 14.0 Å². The van der Waals surface area contributed by atoms with Gasteiger partial charge in [-0.1, -0.05) is 25.3 Å². The summed E-state index contributed by atoms with van der Waals surface area (Å²) in [5, 5.41) is 3.51. The second-order valence-electron chi connectivity index (χ2n) is 7.53. The molecule has 2 amide bonds. The Hall–Kier alpha value is -1.99. The quantitative estimate of drug-likeness (QED) is 0.718. The molecule has 1 N–H and O–H groups in total. The first-order valence-corrected chi connectivity index (χ1v) is 11.1. The first-order valence-electron chi connectivity index (χ1n) is 10.3. The number of ether oxygens (including phenoxy) is 1. The van der Waals surface area contributed by atoms with Gasteiger partial charge >= 0.3 is 0 Å². The van der Waals surface area contributed by atoms with Crippen LogP contribution in [0.5, 0.6) is 0 Å². The highest BCUT2D eigenvalue weighted by Gasteiger charge is 2.43. The van der Waals surface area contributed by atoms with E-state index in [1.54, 1.807) is 17.0 Å². The summed E-state index contributed by atoms with van der Waals surface area (Å²) in [6.45, 7) is 5.25. The van der Waals surface area contributed by atoms with Gasteiger partial charge in [0, 0.05) is 35.8 Å². The van der Waals surface area contributed by atoms with Gasteiger partial charge in [-0.15, -0.1) is 11.3 Å². The lowest BCUT2D eigenvalue weighted by atomic mass is 9.80. The van der Waals surface area contributed by atoms with Gasteiger partial charge in [0.05, 0.1) is 11.5 Å². The van der Waals surface area contributed by atoms with E-state index in [0.717, 1.165) is 19.3 Å². The number of methoxy groups -OCH3 is 1. The van der Waals surface area contributed by atoms with E-state index >= 15 is 0 Å². The maximum Gasteiger partial charge on any atom is 0.262 e. The van der Waals surface area contributed by atoms with Crippen molar-refractivity contribution >= 4 is 33.2 Å². The topological polar surface area (TPSA) is 58.6 Å². The molecule has 1 saturated carbocycles. The van der Waals surface area contributed by atoms with Crippen molar-refractivity contribution in [2.24, 2.45) is 0 Å². The zero-order valence-corrected chi connectivity index (χ0v) is 18.2. The fourth-order valence-corrected chi connectivity index (χ4v) is 5.39. The molecule has 5 nitrogen and oxygen atoms in total. The molecule has 29 heavy (non-hydrogen) atoms. The van der Waals surface area contributed by atoms with Gasteiger partial charge in [-0.25, -0.2) is 4.39 Å². The highest BCUT2D eigenvalue weighted by atomic mass is 32.1. The first kappa shape index (κ1) is 21.7. The molecule has 1 fully saturated rings. The van der Waals surface area contributed by atoms with Crippen LogP contribution in [0.1, 0.15) is 61.2 Å². The third-order valence-electron chi connectivity index (χ3n) is 5.78. The monoisotopic (exact) mass is 420 g/mol. The summed E-state index contributed by atoms with van der Waals surface area (Å²) in [7, 11) is 1.53. The van der Waals surface area contributed by atoms with Crippen molar-refractivity contribution in [3.05, 3.63) is 34.5 Å². The van der Waals surface area contributed by atoms with Crippen LogP contribution < -0.4 is 5.32 Å². The van der Waals surface area contributed by atoms with E-state index in [4.69, 9.17) is 4.74 Å². The molecule has 7 heteroatoms. The van der Waals surface area contributed by atoms with Crippen LogP contribution >= 0.6 is 11.3 Å². The van der Waals surface area contributed by atoms with Gasteiger partial charge in [-0.2, -0.15) is 0 Å². The molecule has 1 aliphatic rings. The predicted molar refractivity (Wildman–Crippen MR) is 114 cm³/mol. The zero-order chi connectivity index (χ0) is 21.0. The minimum absolute atomic E-state index is 0.0175. The van der Waals surface area contributed by atoms with E-state index < -0.39 is 5.54 Å². The number of hydrogen-bond acceptors (Lipinski definition) is 4. The van der Waals surface area contributed by atoms with Crippen molar-refractivity contribution in [2.45, 2.75) is 58.1 Å². The van der Waals surface area contributed by atoms with Crippen LogP contribution in [-0.2, 0) is 16.1 Å². The van der Waals surface area contributed by atoms with Crippen LogP contribution in [0.3, 0.4) is 0 Å². The minimum Gasteiger partial charge on any atom is -0.380 e. The Kier molecular flexibility index (Phi) is 6.90. The van der Waals surface area contributed by atoms with Gasteiger partial charge in [0.1, 0.15) is 11.4 Å². The number of carbonyl (C=O) groups is 2. The number of benzene rings is 1. The van der Waals surface area contributed by atoms with E-state index in [-0.39, 0.29) is 24.2 Å². The molecule has 2 aromatic rings. The number of nitrogens with zero attached hydrogens (tertiary/aromatic N) is 1. The number of nitrogens with one attached hydrogen (secondary N) is 1. The number of amides is 2. The molecule has 1 aromatic heterocycles. The van der Waals surface area contributed by atoms with Crippen LogP contribution in [0, 0.1) is 5.82 Å². The summed E-state index contributed by atoms with van der Waals surface area (Å²) in [6.07, 6.45) is 4.13. The third-order valence-corrected chi connectivity index (χ3v) is 6.97. The molecule has 0 atom stereocenters. The van der Waals surface area contributed by atoms with E-state index in [1.165, 1.54) is 24.5 Å². The van der Waals surface area contributed by atoms with Crippen molar-refractivity contribution in [1.29, 1.82) is 0 Å². The Morgan fingerprint density at radius 3 is 2.52 bits per heavy atom. The van der Waals surface area contributed by atoms with E-state index in [1.807, 2.05) is 13.8 Å². The SMILES string of the molecule is CCN(CC)C(=O)C1(NC(=O)c2sc3cccc(F)c3c2COC)CCCCC1.